The van der Waals surface area contributed by atoms with E-state index < -0.39 is 16.0 Å². The summed E-state index contributed by atoms with van der Waals surface area (Å²) < 4.78 is 26.5. The molecule has 1 aromatic rings. The first-order valence-electron chi connectivity index (χ1n) is 6.56. The summed E-state index contributed by atoms with van der Waals surface area (Å²) in [5.74, 6) is -1.09. The second kappa shape index (κ2) is 5.10. The summed E-state index contributed by atoms with van der Waals surface area (Å²) in [5, 5.41) is 8.87. The number of carboxylic acid groups (broad SMARTS) is 1. The zero-order valence-electron chi connectivity index (χ0n) is 10.9. The van der Waals surface area contributed by atoms with Crippen molar-refractivity contribution in [3.63, 3.8) is 0 Å². The predicted octanol–water partition coefficient (Wildman–Crippen LogP) is 0.915. The van der Waals surface area contributed by atoms with Crippen LogP contribution in [-0.2, 0) is 10.0 Å². The molecule has 1 saturated carbocycles. The summed E-state index contributed by atoms with van der Waals surface area (Å²) in [7, 11) is -3.54. The molecule has 20 heavy (non-hydrogen) atoms. The van der Waals surface area contributed by atoms with Gasteiger partial charge in [0.05, 0.1) is 0 Å². The molecule has 1 aliphatic heterocycles. The highest BCUT2D eigenvalue weighted by molar-refractivity contribution is 7.91. The fourth-order valence-electron chi connectivity index (χ4n) is 2.45. The van der Waals surface area contributed by atoms with E-state index in [1.165, 1.54) is 29.3 Å². The molecule has 1 aliphatic carbocycles. The molecule has 3 rings (SSSR count). The van der Waals surface area contributed by atoms with Gasteiger partial charge in [-0.05, 0) is 25.0 Å². The molecule has 0 radical (unpaired) electrons. The normalized spacial score (nSPS) is 22.0. The molecule has 6 nitrogen and oxygen atoms in total. The molecule has 2 aliphatic rings. The van der Waals surface area contributed by atoms with Crippen molar-refractivity contribution < 1.29 is 18.3 Å². The van der Waals surface area contributed by atoms with Crippen LogP contribution >= 0.6 is 11.3 Å². The van der Waals surface area contributed by atoms with Gasteiger partial charge in [0.1, 0.15) is 9.09 Å². The molecule has 0 atom stereocenters. The summed E-state index contributed by atoms with van der Waals surface area (Å²) in [6, 6.07) is 3.39. The Morgan fingerprint density at radius 2 is 1.85 bits per heavy atom. The van der Waals surface area contributed by atoms with Crippen molar-refractivity contribution in [3.8, 4) is 0 Å². The van der Waals surface area contributed by atoms with Crippen molar-refractivity contribution in [2.45, 2.75) is 23.1 Å². The Morgan fingerprint density at radius 3 is 2.35 bits per heavy atom. The number of carboxylic acids is 1. The van der Waals surface area contributed by atoms with Gasteiger partial charge in [0, 0.05) is 32.2 Å². The van der Waals surface area contributed by atoms with Crippen LogP contribution in [-0.4, -0.2) is 60.9 Å². The van der Waals surface area contributed by atoms with E-state index in [4.69, 9.17) is 5.11 Å². The summed E-state index contributed by atoms with van der Waals surface area (Å²) in [4.78, 5) is 13.2. The average molecular weight is 316 g/mol. The minimum absolute atomic E-state index is 0.0557. The van der Waals surface area contributed by atoms with Gasteiger partial charge in [-0.3, -0.25) is 4.90 Å². The highest BCUT2D eigenvalue weighted by Crippen LogP contribution is 2.30. The van der Waals surface area contributed by atoms with Crippen LogP contribution in [0.4, 0.5) is 0 Å². The fourth-order valence-corrected chi connectivity index (χ4v) is 5.17. The Kier molecular flexibility index (Phi) is 3.57. The van der Waals surface area contributed by atoms with E-state index in [-0.39, 0.29) is 9.09 Å². The van der Waals surface area contributed by atoms with Crippen molar-refractivity contribution in [1.82, 2.24) is 9.21 Å². The van der Waals surface area contributed by atoms with E-state index in [0.717, 1.165) is 24.4 Å². The summed E-state index contributed by atoms with van der Waals surface area (Å²) in [6.07, 6.45) is 2.44. The van der Waals surface area contributed by atoms with Crippen molar-refractivity contribution in [2.75, 3.05) is 26.2 Å². The van der Waals surface area contributed by atoms with Crippen LogP contribution in [0, 0.1) is 0 Å². The lowest BCUT2D eigenvalue weighted by Crippen LogP contribution is -2.49. The number of hydrogen-bond acceptors (Lipinski definition) is 5. The third-order valence-electron chi connectivity index (χ3n) is 3.72. The lowest BCUT2D eigenvalue weighted by Gasteiger charge is -2.33. The second-order valence-corrected chi connectivity index (χ2v) is 8.34. The Bertz CT molecular complexity index is 613. The molecule has 1 N–H and O–H groups in total. The molecule has 0 bridgehead atoms. The molecular weight excluding hydrogens is 300 g/mol. The second-order valence-electron chi connectivity index (χ2n) is 5.10. The first kappa shape index (κ1) is 14.0. The maximum absolute atomic E-state index is 12.4. The standard InChI is InChI=1S/C12H16N2O4S2/c15-12(16)10-3-4-11(19-10)20(17,18)14-7-5-13(6-8-14)9-1-2-9/h3-4,9H,1-2,5-8H2,(H,15,16). The van der Waals surface area contributed by atoms with Gasteiger partial charge in [0.25, 0.3) is 10.0 Å². The molecule has 0 unspecified atom stereocenters. The number of nitrogens with zero attached hydrogens (tertiary/aromatic N) is 2. The van der Waals surface area contributed by atoms with Crippen molar-refractivity contribution >= 4 is 27.3 Å². The van der Waals surface area contributed by atoms with E-state index in [1.54, 1.807) is 0 Å². The van der Waals surface area contributed by atoms with Gasteiger partial charge < -0.3 is 5.11 Å². The maximum Gasteiger partial charge on any atom is 0.345 e. The largest absolute Gasteiger partial charge is 0.477 e. The van der Waals surface area contributed by atoms with Crippen LogP contribution in [0.5, 0.6) is 0 Å². The highest BCUT2D eigenvalue weighted by atomic mass is 32.2. The molecule has 2 heterocycles. The van der Waals surface area contributed by atoms with Gasteiger partial charge in [-0.15, -0.1) is 11.3 Å². The van der Waals surface area contributed by atoms with E-state index in [9.17, 15) is 13.2 Å². The minimum Gasteiger partial charge on any atom is -0.477 e. The number of rotatable bonds is 4. The number of hydrogen-bond donors (Lipinski definition) is 1. The molecule has 1 aromatic heterocycles. The van der Waals surface area contributed by atoms with Crippen LogP contribution in [0.1, 0.15) is 22.5 Å². The first-order valence-corrected chi connectivity index (χ1v) is 8.81. The van der Waals surface area contributed by atoms with E-state index in [0.29, 0.717) is 19.1 Å². The molecular formula is C12H16N2O4S2. The maximum atomic E-state index is 12.4. The smallest absolute Gasteiger partial charge is 0.345 e. The zero-order valence-corrected chi connectivity index (χ0v) is 12.5. The van der Waals surface area contributed by atoms with Crippen LogP contribution in [0.3, 0.4) is 0 Å². The summed E-state index contributed by atoms with van der Waals surface area (Å²) in [6.45, 7) is 2.50. The third kappa shape index (κ3) is 2.60. The molecule has 0 amide bonds. The van der Waals surface area contributed by atoms with Gasteiger partial charge in [-0.2, -0.15) is 4.31 Å². The topological polar surface area (TPSA) is 77.9 Å². The predicted molar refractivity (Wildman–Crippen MR) is 74.6 cm³/mol. The molecule has 0 spiro atoms. The molecule has 0 aromatic carbocycles. The molecule has 8 heteroatoms. The molecule has 1 saturated heterocycles. The van der Waals surface area contributed by atoms with Gasteiger partial charge in [0.15, 0.2) is 0 Å². The lowest BCUT2D eigenvalue weighted by atomic mass is 10.3. The monoisotopic (exact) mass is 316 g/mol. The summed E-state index contributed by atoms with van der Waals surface area (Å²) >= 11 is 0.818. The fraction of sp³-hybridized carbons (Fsp3) is 0.583. The number of aromatic carboxylic acids is 1. The van der Waals surface area contributed by atoms with Gasteiger partial charge in [0.2, 0.25) is 0 Å². The Morgan fingerprint density at radius 1 is 1.20 bits per heavy atom. The van der Waals surface area contributed by atoms with Crippen molar-refractivity contribution in [2.24, 2.45) is 0 Å². The Balaban J connectivity index is 1.72. The average Bonchev–Trinajstić information content (AvgIpc) is 3.14. The highest BCUT2D eigenvalue weighted by Gasteiger charge is 2.35. The van der Waals surface area contributed by atoms with Crippen molar-refractivity contribution in [3.05, 3.63) is 17.0 Å². The minimum atomic E-state index is -3.54. The van der Waals surface area contributed by atoms with Gasteiger partial charge >= 0.3 is 5.97 Å². The Labute approximate surface area is 121 Å². The van der Waals surface area contributed by atoms with E-state index >= 15 is 0 Å². The third-order valence-corrected chi connectivity index (χ3v) is 7.16. The van der Waals surface area contributed by atoms with Gasteiger partial charge in [-0.25, -0.2) is 13.2 Å². The lowest BCUT2D eigenvalue weighted by molar-refractivity contribution is 0.0702. The van der Waals surface area contributed by atoms with Crippen LogP contribution in [0.25, 0.3) is 0 Å². The number of carbonyl (C=O) groups is 1. The van der Waals surface area contributed by atoms with E-state index in [2.05, 4.69) is 4.90 Å². The number of piperazine rings is 1. The molecule has 2 fully saturated rings. The van der Waals surface area contributed by atoms with Crippen molar-refractivity contribution in [1.29, 1.82) is 0 Å². The summed E-state index contributed by atoms with van der Waals surface area (Å²) in [5.41, 5.74) is 0. The number of thiophene rings is 1. The quantitative estimate of drug-likeness (QED) is 0.893. The first-order chi connectivity index (χ1) is 9.48. The number of sulfonamides is 1. The van der Waals surface area contributed by atoms with E-state index in [1.807, 2.05) is 0 Å². The SMILES string of the molecule is O=C(O)c1ccc(S(=O)(=O)N2CCN(C3CC3)CC2)s1. The zero-order chi connectivity index (χ0) is 14.3. The Hall–Kier alpha value is -0.960. The van der Waals surface area contributed by atoms with Crippen LogP contribution in [0.2, 0.25) is 0 Å². The van der Waals surface area contributed by atoms with Crippen LogP contribution in [0.15, 0.2) is 16.3 Å². The van der Waals surface area contributed by atoms with Crippen LogP contribution < -0.4 is 0 Å². The molecule has 110 valence electrons. The van der Waals surface area contributed by atoms with Gasteiger partial charge in [-0.1, -0.05) is 0 Å².